The number of carbonyl (C=O) groups is 2. The zero-order valence-electron chi connectivity index (χ0n) is 26.4. The summed E-state index contributed by atoms with van der Waals surface area (Å²) in [6, 6.07) is 12.9. The highest BCUT2D eigenvalue weighted by molar-refractivity contribution is 6.18. The second kappa shape index (κ2) is 13.3. The molecule has 10 nitrogen and oxygen atoms in total. The van der Waals surface area contributed by atoms with Crippen molar-refractivity contribution in [1.29, 1.82) is 0 Å². The van der Waals surface area contributed by atoms with E-state index in [4.69, 9.17) is 14.2 Å². The van der Waals surface area contributed by atoms with Crippen molar-refractivity contribution in [2.24, 2.45) is 10.8 Å². The molecule has 3 N–H and O–H groups in total. The lowest BCUT2D eigenvalue weighted by Crippen LogP contribution is -2.39. The zero-order chi connectivity index (χ0) is 33.1. The lowest BCUT2D eigenvalue weighted by atomic mass is 9.93. The minimum absolute atomic E-state index is 0.0999. The molecule has 0 bridgehead atoms. The average Bonchev–Trinajstić information content (AvgIpc) is 3.64. The smallest absolute Gasteiger partial charge is 0.240 e. The van der Waals surface area contributed by atoms with Gasteiger partial charge in [0, 0.05) is 29.5 Å². The molecule has 0 aliphatic heterocycles. The summed E-state index contributed by atoms with van der Waals surface area (Å²) in [7, 11) is 3.44. The predicted octanol–water partition coefficient (Wildman–Crippen LogP) is 6.47. The molecule has 5 rings (SSSR count). The van der Waals surface area contributed by atoms with Crippen LogP contribution in [0.5, 0.6) is 23.1 Å². The van der Waals surface area contributed by atoms with Crippen molar-refractivity contribution in [2.45, 2.75) is 46.1 Å². The van der Waals surface area contributed by atoms with Gasteiger partial charge in [-0.05, 0) is 74.2 Å². The number of benzene rings is 3. The van der Waals surface area contributed by atoms with Crippen LogP contribution in [0.2, 0.25) is 0 Å². The van der Waals surface area contributed by atoms with Gasteiger partial charge in [-0.3, -0.25) is 9.59 Å². The fourth-order valence-electron chi connectivity index (χ4n) is 5.53. The summed E-state index contributed by atoms with van der Waals surface area (Å²) in [5.74, 6) is -1.37. The minimum atomic E-state index is -1.39. The normalized spacial score (nSPS) is 17.2. The van der Waals surface area contributed by atoms with E-state index in [0.29, 0.717) is 40.7 Å². The molecule has 1 saturated carbocycles. The summed E-state index contributed by atoms with van der Waals surface area (Å²) in [5, 5.41) is 9.10. The van der Waals surface area contributed by atoms with Crippen LogP contribution in [0.4, 0.5) is 20.2 Å². The van der Waals surface area contributed by atoms with Crippen molar-refractivity contribution in [3.63, 3.8) is 0 Å². The van der Waals surface area contributed by atoms with E-state index < -0.39 is 34.3 Å². The van der Waals surface area contributed by atoms with Gasteiger partial charge in [0.15, 0.2) is 23.1 Å². The Morgan fingerprint density at radius 1 is 0.935 bits per heavy atom. The van der Waals surface area contributed by atoms with E-state index in [2.05, 4.69) is 32.8 Å². The van der Waals surface area contributed by atoms with Crippen molar-refractivity contribution >= 4 is 34.1 Å². The number of nitrogens with zero attached hydrogens (tertiary/aromatic N) is 2. The van der Waals surface area contributed by atoms with E-state index >= 15 is 4.39 Å². The summed E-state index contributed by atoms with van der Waals surface area (Å²) < 4.78 is 46.0. The fourth-order valence-corrected chi connectivity index (χ4v) is 5.53. The molecule has 1 heterocycles. The van der Waals surface area contributed by atoms with Crippen LogP contribution in [0, 0.1) is 22.5 Å². The zero-order valence-corrected chi connectivity index (χ0v) is 26.4. The van der Waals surface area contributed by atoms with Gasteiger partial charge in [0.2, 0.25) is 17.7 Å². The molecule has 2 amide bonds. The topological polar surface area (TPSA) is 124 Å². The molecule has 3 aromatic carbocycles. The van der Waals surface area contributed by atoms with Gasteiger partial charge >= 0.3 is 0 Å². The molecule has 1 aromatic heterocycles. The molecular formula is C34H37F2N5O5. The number of hydrogen-bond acceptors (Lipinski definition) is 8. The summed E-state index contributed by atoms with van der Waals surface area (Å²) in [5.41, 5.74) is -1.01. The van der Waals surface area contributed by atoms with Gasteiger partial charge in [-0.15, -0.1) is 0 Å². The Labute approximate surface area is 265 Å². The van der Waals surface area contributed by atoms with Crippen LogP contribution in [0.3, 0.4) is 0 Å². The number of ether oxygens (including phenoxy) is 3. The maximum absolute atomic E-state index is 15.3. The Morgan fingerprint density at radius 2 is 1.61 bits per heavy atom. The van der Waals surface area contributed by atoms with Gasteiger partial charge in [-0.1, -0.05) is 20.8 Å². The molecule has 12 heteroatoms. The Bertz CT molecular complexity index is 1750. The van der Waals surface area contributed by atoms with Crippen molar-refractivity contribution in [3.8, 4) is 23.1 Å². The van der Waals surface area contributed by atoms with E-state index in [-0.39, 0.29) is 23.7 Å². The third-order valence-electron chi connectivity index (χ3n) is 8.52. The van der Waals surface area contributed by atoms with Gasteiger partial charge in [-0.25, -0.2) is 18.7 Å². The number of carbonyl (C=O) groups excluding carboxylic acids is 2. The van der Waals surface area contributed by atoms with Gasteiger partial charge in [0.05, 0.1) is 24.6 Å². The highest BCUT2D eigenvalue weighted by atomic mass is 19.1. The van der Waals surface area contributed by atoms with Gasteiger partial charge < -0.3 is 30.2 Å². The van der Waals surface area contributed by atoms with Gasteiger partial charge in [0.25, 0.3) is 0 Å². The largest absolute Gasteiger partial charge is 0.493 e. The number of hydrogen-bond donors (Lipinski definition) is 3. The first-order valence-electron chi connectivity index (χ1n) is 15.0. The molecule has 242 valence electrons. The summed E-state index contributed by atoms with van der Waals surface area (Å²) in [4.78, 5) is 35.2. The average molecular weight is 634 g/mol. The van der Waals surface area contributed by atoms with Crippen molar-refractivity contribution < 1.29 is 32.6 Å². The molecule has 2 unspecified atom stereocenters. The molecule has 0 saturated heterocycles. The van der Waals surface area contributed by atoms with Crippen LogP contribution >= 0.6 is 0 Å². The first-order valence-corrected chi connectivity index (χ1v) is 15.0. The molecule has 1 aliphatic carbocycles. The van der Waals surface area contributed by atoms with E-state index in [1.54, 1.807) is 26.0 Å². The van der Waals surface area contributed by atoms with E-state index in [1.165, 1.54) is 49.8 Å². The number of fused-ring (bicyclic) bond motifs is 1. The molecule has 0 radical (unpaired) electrons. The van der Waals surface area contributed by atoms with E-state index in [9.17, 15) is 14.0 Å². The first kappa shape index (κ1) is 32.6. The van der Waals surface area contributed by atoms with Crippen molar-refractivity contribution in [3.05, 3.63) is 72.6 Å². The number of nitrogens with one attached hydrogen (secondary N) is 3. The number of rotatable bonds is 13. The summed E-state index contributed by atoms with van der Waals surface area (Å²) >= 11 is 0. The molecule has 1 fully saturated rings. The van der Waals surface area contributed by atoms with Gasteiger partial charge in [0.1, 0.15) is 17.6 Å². The molecule has 0 spiro atoms. The van der Waals surface area contributed by atoms with Crippen molar-refractivity contribution in [2.75, 3.05) is 31.4 Å². The predicted molar refractivity (Wildman–Crippen MR) is 170 cm³/mol. The molecule has 46 heavy (non-hydrogen) atoms. The Kier molecular flexibility index (Phi) is 9.38. The van der Waals surface area contributed by atoms with Gasteiger partial charge in [-0.2, -0.15) is 0 Å². The Hall–Kier alpha value is -4.84. The highest BCUT2D eigenvalue weighted by Gasteiger charge is 2.71. The fraction of sp³-hybridized carbons (Fsp3) is 0.353. The Balaban J connectivity index is 1.30. The molecule has 1 aliphatic rings. The molecule has 4 aromatic rings. The number of aromatic nitrogens is 2. The Morgan fingerprint density at radius 3 is 2.22 bits per heavy atom. The van der Waals surface area contributed by atoms with Crippen LogP contribution in [-0.4, -0.2) is 48.6 Å². The van der Waals surface area contributed by atoms with Crippen molar-refractivity contribution in [1.82, 2.24) is 15.3 Å². The standard InChI is InChI=1S/C34H37F2N5O5/c1-6-21(37-4)13-14-45-29-17-26-24(16-28(29)44-5)30(39-19-38-26)46-27-12-11-23(15-25(27)36)41-32(43)34(18-33(34,2)3)31(42)40-22-9-7-20(35)8-10-22/h7-12,15-17,19,21,37H,6,13-14,18H2,1-5H3,(H,40,42)(H,41,43). The monoisotopic (exact) mass is 633 g/mol. The lowest BCUT2D eigenvalue weighted by molar-refractivity contribution is -0.132. The minimum Gasteiger partial charge on any atom is -0.493 e. The van der Waals surface area contributed by atoms with E-state index in [1.807, 2.05) is 7.05 Å². The van der Waals surface area contributed by atoms with Crippen LogP contribution in [0.1, 0.15) is 40.0 Å². The lowest BCUT2D eigenvalue weighted by Gasteiger charge is -2.20. The maximum Gasteiger partial charge on any atom is 0.240 e. The van der Waals surface area contributed by atoms with Crippen LogP contribution in [0.15, 0.2) is 60.9 Å². The summed E-state index contributed by atoms with van der Waals surface area (Å²) in [6.45, 7) is 6.18. The second-order valence-corrected chi connectivity index (χ2v) is 11.9. The van der Waals surface area contributed by atoms with Crippen LogP contribution in [-0.2, 0) is 9.59 Å². The van der Waals surface area contributed by atoms with Crippen LogP contribution < -0.4 is 30.2 Å². The SMILES string of the molecule is CCC(CCOc1cc2ncnc(Oc3ccc(NC(=O)C4(C(=O)Nc5ccc(F)cc5)CC4(C)C)cc3F)c2cc1OC)NC. The second-order valence-electron chi connectivity index (χ2n) is 11.9. The van der Waals surface area contributed by atoms with E-state index in [0.717, 1.165) is 18.9 Å². The molecular weight excluding hydrogens is 596 g/mol. The number of methoxy groups -OCH3 is 1. The number of amides is 2. The molecule has 2 atom stereocenters. The number of halogens is 2. The first-order chi connectivity index (χ1) is 22.0. The number of anilines is 2. The van der Waals surface area contributed by atoms with Crippen LogP contribution in [0.25, 0.3) is 10.9 Å². The third-order valence-corrected chi connectivity index (χ3v) is 8.52. The quantitative estimate of drug-likeness (QED) is 0.143. The summed E-state index contributed by atoms with van der Waals surface area (Å²) in [6.07, 6.45) is 3.38. The third kappa shape index (κ3) is 6.57. The highest BCUT2D eigenvalue weighted by Crippen LogP contribution is 2.64. The maximum atomic E-state index is 15.3.